The lowest BCUT2D eigenvalue weighted by Crippen LogP contribution is -1.92. The van der Waals surface area contributed by atoms with Crippen LogP contribution in [0, 0.1) is 0 Å². The number of halogens is 1. The fourth-order valence-electron chi connectivity index (χ4n) is 0.977. The van der Waals surface area contributed by atoms with Gasteiger partial charge in [0.25, 0.3) is 0 Å². The number of nitrogen functional groups attached to an aromatic ring is 1. The van der Waals surface area contributed by atoms with E-state index in [1.807, 2.05) is 0 Å². The lowest BCUT2D eigenvalue weighted by atomic mass is 10.3. The van der Waals surface area contributed by atoms with Crippen LogP contribution in [0.1, 0.15) is 0 Å². The van der Waals surface area contributed by atoms with Crippen LogP contribution in [0.25, 0.3) is 11.6 Å². The Kier molecular flexibility index (Phi) is 1.90. The van der Waals surface area contributed by atoms with Crippen molar-refractivity contribution < 1.29 is 4.42 Å². The Labute approximate surface area is 79.4 Å². The Balaban J connectivity index is 2.53. The zero-order valence-corrected chi connectivity index (χ0v) is 7.32. The number of nitrogens with two attached hydrogens (primary N) is 1. The first-order chi connectivity index (χ1) is 6.25. The predicted octanol–water partition coefficient (Wildman–Crippen LogP) is 1.97. The van der Waals surface area contributed by atoms with Crippen molar-refractivity contribution in [3.8, 4) is 11.6 Å². The van der Waals surface area contributed by atoms with Gasteiger partial charge in [-0.25, -0.2) is 9.97 Å². The second-order valence-corrected chi connectivity index (χ2v) is 2.87. The molecular formula is C8H6ClN3O. The molecule has 5 heteroatoms. The molecule has 0 aromatic carbocycles. The number of oxazole rings is 1. The van der Waals surface area contributed by atoms with Gasteiger partial charge in [-0.1, -0.05) is 11.6 Å². The Morgan fingerprint density at radius 1 is 1.38 bits per heavy atom. The van der Waals surface area contributed by atoms with Gasteiger partial charge in [-0.15, -0.1) is 0 Å². The lowest BCUT2D eigenvalue weighted by Gasteiger charge is -1.97. The van der Waals surface area contributed by atoms with Crippen LogP contribution in [0.2, 0.25) is 5.02 Å². The van der Waals surface area contributed by atoms with Crippen LogP contribution >= 0.6 is 11.6 Å². The summed E-state index contributed by atoms with van der Waals surface area (Å²) in [6.07, 6.45) is 3.00. The number of rotatable bonds is 1. The molecular weight excluding hydrogens is 190 g/mol. The fraction of sp³-hybridized carbons (Fsp3) is 0. The maximum Gasteiger partial charge on any atom is 0.245 e. The van der Waals surface area contributed by atoms with Crippen molar-refractivity contribution >= 4 is 17.4 Å². The van der Waals surface area contributed by atoms with Crippen LogP contribution in [-0.2, 0) is 0 Å². The molecule has 13 heavy (non-hydrogen) atoms. The summed E-state index contributed by atoms with van der Waals surface area (Å²) in [4.78, 5) is 7.94. The van der Waals surface area contributed by atoms with E-state index in [2.05, 4.69) is 9.97 Å². The second-order valence-electron chi connectivity index (χ2n) is 2.43. The summed E-state index contributed by atoms with van der Waals surface area (Å²) >= 11 is 5.78. The van der Waals surface area contributed by atoms with E-state index >= 15 is 0 Å². The summed E-state index contributed by atoms with van der Waals surface area (Å²) in [6, 6.07) is 3.21. The number of hydrogen-bond acceptors (Lipinski definition) is 4. The van der Waals surface area contributed by atoms with Crippen molar-refractivity contribution in [1.29, 1.82) is 0 Å². The molecule has 0 saturated heterocycles. The van der Waals surface area contributed by atoms with Crippen molar-refractivity contribution in [2.24, 2.45) is 0 Å². The van der Waals surface area contributed by atoms with Gasteiger partial charge in [-0.2, -0.15) is 0 Å². The third-order valence-electron chi connectivity index (χ3n) is 1.46. The van der Waals surface area contributed by atoms with Crippen LogP contribution < -0.4 is 5.73 Å². The zero-order valence-electron chi connectivity index (χ0n) is 6.57. The third kappa shape index (κ3) is 1.62. The highest BCUT2D eigenvalue weighted by atomic mass is 35.5. The summed E-state index contributed by atoms with van der Waals surface area (Å²) in [5.41, 5.74) is 6.04. The summed E-state index contributed by atoms with van der Waals surface area (Å²) in [5, 5.41) is 0.515. The molecule has 66 valence electrons. The Morgan fingerprint density at radius 3 is 2.85 bits per heavy atom. The molecule has 4 nitrogen and oxygen atoms in total. The minimum absolute atomic E-state index is 0.348. The van der Waals surface area contributed by atoms with Gasteiger partial charge in [0.05, 0.1) is 6.20 Å². The highest BCUT2D eigenvalue weighted by Crippen LogP contribution is 2.20. The molecule has 2 rings (SSSR count). The van der Waals surface area contributed by atoms with Gasteiger partial charge < -0.3 is 10.2 Å². The second kappa shape index (κ2) is 3.06. The Bertz CT molecular complexity index is 393. The SMILES string of the molecule is Nc1cc(Cl)cc(-c2ncco2)n1. The summed E-state index contributed by atoms with van der Waals surface area (Å²) in [7, 11) is 0. The average Bonchev–Trinajstić information content (AvgIpc) is 2.53. The van der Waals surface area contributed by atoms with E-state index in [1.165, 1.54) is 12.5 Å². The molecule has 2 N–H and O–H groups in total. The van der Waals surface area contributed by atoms with Gasteiger partial charge in [0.15, 0.2) is 0 Å². The van der Waals surface area contributed by atoms with Gasteiger partial charge >= 0.3 is 0 Å². The molecule has 0 saturated carbocycles. The predicted molar refractivity (Wildman–Crippen MR) is 49.2 cm³/mol. The average molecular weight is 196 g/mol. The van der Waals surface area contributed by atoms with Gasteiger partial charge in [-0.05, 0) is 12.1 Å². The molecule has 0 aliphatic rings. The highest BCUT2D eigenvalue weighted by Gasteiger charge is 2.05. The van der Waals surface area contributed by atoms with Crippen LogP contribution in [-0.4, -0.2) is 9.97 Å². The number of pyridine rings is 1. The normalized spacial score (nSPS) is 10.2. The lowest BCUT2D eigenvalue weighted by molar-refractivity contribution is 0.572. The number of nitrogens with zero attached hydrogens (tertiary/aromatic N) is 2. The molecule has 0 spiro atoms. The first-order valence-electron chi connectivity index (χ1n) is 3.58. The molecule has 2 aromatic rings. The van der Waals surface area contributed by atoms with Gasteiger partial charge in [-0.3, -0.25) is 0 Å². The van der Waals surface area contributed by atoms with E-state index in [0.717, 1.165) is 0 Å². The fourth-order valence-corrected chi connectivity index (χ4v) is 1.19. The van der Waals surface area contributed by atoms with Crippen molar-refractivity contribution in [3.05, 3.63) is 29.6 Å². The topological polar surface area (TPSA) is 64.9 Å². The van der Waals surface area contributed by atoms with Gasteiger partial charge in [0.1, 0.15) is 17.8 Å². The molecule has 0 fully saturated rings. The van der Waals surface area contributed by atoms with Crippen LogP contribution in [0.4, 0.5) is 5.82 Å². The van der Waals surface area contributed by atoms with E-state index in [1.54, 1.807) is 12.1 Å². The number of anilines is 1. The summed E-state index contributed by atoms with van der Waals surface area (Å²) in [5.74, 6) is 0.759. The van der Waals surface area contributed by atoms with Crippen LogP contribution in [0.3, 0.4) is 0 Å². The molecule has 0 aliphatic heterocycles. The molecule has 0 aliphatic carbocycles. The Morgan fingerprint density at radius 2 is 2.23 bits per heavy atom. The molecule has 0 unspecified atom stereocenters. The molecule has 2 aromatic heterocycles. The standard InChI is InChI=1S/C8H6ClN3O/c9-5-3-6(12-7(10)4-5)8-11-1-2-13-8/h1-4H,(H2,10,12). The van der Waals surface area contributed by atoms with E-state index < -0.39 is 0 Å². The summed E-state index contributed by atoms with van der Waals surface area (Å²) in [6.45, 7) is 0. The number of hydrogen-bond donors (Lipinski definition) is 1. The van der Waals surface area contributed by atoms with Crippen LogP contribution in [0.15, 0.2) is 29.0 Å². The molecule has 2 heterocycles. The quantitative estimate of drug-likeness (QED) is 0.756. The van der Waals surface area contributed by atoms with Crippen molar-refractivity contribution in [2.45, 2.75) is 0 Å². The largest absolute Gasteiger partial charge is 0.443 e. The van der Waals surface area contributed by atoms with E-state index in [0.29, 0.717) is 22.4 Å². The maximum atomic E-state index is 5.78. The molecule has 0 atom stereocenters. The number of aromatic nitrogens is 2. The maximum absolute atomic E-state index is 5.78. The van der Waals surface area contributed by atoms with Gasteiger partial charge in [0.2, 0.25) is 5.89 Å². The first-order valence-corrected chi connectivity index (χ1v) is 3.96. The molecule has 0 bridgehead atoms. The zero-order chi connectivity index (χ0) is 9.26. The van der Waals surface area contributed by atoms with E-state index in [-0.39, 0.29) is 0 Å². The van der Waals surface area contributed by atoms with Crippen molar-refractivity contribution in [2.75, 3.05) is 5.73 Å². The molecule has 0 amide bonds. The minimum atomic E-state index is 0.348. The molecule has 0 radical (unpaired) electrons. The van der Waals surface area contributed by atoms with E-state index in [9.17, 15) is 0 Å². The summed E-state index contributed by atoms with van der Waals surface area (Å²) < 4.78 is 5.04. The van der Waals surface area contributed by atoms with Gasteiger partial charge in [0, 0.05) is 5.02 Å². The smallest absolute Gasteiger partial charge is 0.245 e. The first kappa shape index (κ1) is 8.07. The van der Waals surface area contributed by atoms with Crippen LogP contribution in [0.5, 0.6) is 0 Å². The van der Waals surface area contributed by atoms with E-state index in [4.69, 9.17) is 21.8 Å². The highest BCUT2D eigenvalue weighted by molar-refractivity contribution is 6.31. The third-order valence-corrected chi connectivity index (χ3v) is 1.68. The monoisotopic (exact) mass is 195 g/mol. The minimum Gasteiger partial charge on any atom is -0.443 e. The van der Waals surface area contributed by atoms with Crippen molar-refractivity contribution in [1.82, 2.24) is 9.97 Å². The Hall–Kier alpha value is -1.55. The van der Waals surface area contributed by atoms with Crippen molar-refractivity contribution in [3.63, 3.8) is 0 Å².